The summed E-state index contributed by atoms with van der Waals surface area (Å²) in [6.07, 6.45) is 12.1. The Labute approximate surface area is 501 Å². The van der Waals surface area contributed by atoms with E-state index in [0.29, 0.717) is 11.3 Å². The molecule has 85 heavy (non-hydrogen) atoms. The Balaban J connectivity index is 0.723. The summed E-state index contributed by atoms with van der Waals surface area (Å²) < 4.78 is 26.1. The molecule has 0 spiro atoms. The number of carbonyl (C=O) groups excluding carboxylic acids is 1. The SMILES string of the molecule is CCCCCCCCOc1ccc(-c2ccc(C(=O)Oc3ccc(N4CCN(c5cc6c7c(c8c(c6cc5OC)OC(c5ccccc5)(c5ccc(N6CCN(c9ccccc9)CC6)cc5)C=C8)C(C)(C)c5ccccc5-7)CC4)cc3)cc2)cc1. The highest BCUT2D eigenvalue weighted by molar-refractivity contribution is 6.10. The van der Waals surface area contributed by atoms with E-state index in [2.05, 4.69) is 198 Å². The molecule has 0 bridgehead atoms. The Morgan fingerprint density at radius 1 is 0.541 bits per heavy atom. The van der Waals surface area contributed by atoms with Crippen molar-refractivity contribution in [3.8, 4) is 45.3 Å². The van der Waals surface area contributed by atoms with Crippen molar-refractivity contribution in [2.75, 3.05) is 85.7 Å². The number of rotatable bonds is 18. The molecule has 4 aliphatic rings. The standard InChI is InChI=1S/C76H76N4O5/c1-5-6-7-8-9-18-51-83-62-37-29-55(30-38-62)54-25-27-56(28-26-54)74(81)84-63-39-35-61(36-40-63)79-47-49-80(50-48-79)69-52-66-67(53-70(69)82-4)73-65(72-71(66)64-23-16-17-24-68(64)75(72,2)3)41-42-76(85-73,57-19-12-10-13-20-57)58-31-33-60(34-32-58)78-45-43-77(44-46-78)59-21-14-11-15-22-59/h10-17,19-42,52-53H,5-9,18,43-51H2,1-4H3. The van der Waals surface area contributed by atoms with Gasteiger partial charge in [0, 0.05) is 96.9 Å². The smallest absolute Gasteiger partial charge is 0.343 e. The van der Waals surface area contributed by atoms with Gasteiger partial charge in [-0.3, -0.25) is 0 Å². The minimum absolute atomic E-state index is 0.293. The van der Waals surface area contributed by atoms with Crippen molar-refractivity contribution in [3.05, 3.63) is 234 Å². The number of carbonyl (C=O) groups is 1. The van der Waals surface area contributed by atoms with Crippen LogP contribution in [0.15, 0.2) is 200 Å². The Kier molecular flexibility index (Phi) is 15.6. The van der Waals surface area contributed by atoms with Crippen LogP contribution in [0.2, 0.25) is 0 Å². The first-order valence-electron chi connectivity index (χ1n) is 30.8. The Morgan fingerprint density at radius 2 is 1.08 bits per heavy atom. The van der Waals surface area contributed by atoms with Gasteiger partial charge in [0.25, 0.3) is 0 Å². The zero-order chi connectivity index (χ0) is 57.9. The number of piperazine rings is 2. The molecule has 1 unspecified atom stereocenters. The highest BCUT2D eigenvalue weighted by Gasteiger charge is 2.45. The molecule has 1 atom stereocenters. The van der Waals surface area contributed by atoms with Gasteiger partial charge < -0.3 is 38.5 Å². The van der Waals surface area contributed by atoms with E-state index in [1.165, 1.54) is 65.7 Å². The van der Waals surface area contributed by atoms with Gasteiger partial charge in [0.2, 0.25) is 0 Å². The van der Waals surface area contributed by atoms with Crippen molar-refractivity contribution in [1.82, 2.24) is 0 Å². The lowest BCUT2D eigenvalue weighted by Gasteiger charge is -2.40. The van der Waals surface area contributed by atoms with E-state index in [1.807, 2.05) is 48.5 Å². The Bertz CT molecular complexity index is 3830. The molecular formula is C76H76N4O5. The highest BCUT2D eigenvalue weighted by atomic mass is 16.5. The molecule has 0 saturated carbocycles. The van der Waals surface area contributed by atoms with E-state index in [-0.39, 0.29) is 11.4 Å². The maximum atomic E-state index is 13.4. The van der Waals surface area contributed by atoms with Gasteiger partial charge in [-0.25, -0.2) is 4.79 Å². The van der Waals surface area contributed by atoms with Gasteiger partial charge in [-0.05, 0) is 136 Å². The highest BCUT2D eigenvalue weighted by Crippen LogP contribution is 2.59. The molecule has 2 fully saturated rings. The van der Waals surface area contributed by atoms with E-state index >= 15 is 0 Å². The quantitative estimate of drug-likeness (QED) is 0.0475. The summed E-state index contributed by atoms with van der Waals surface area (Å²) in [5.41, 5.74) is 14.4. The van der Waals surface area contributed by atoms with Crippen molar-refractivity contribution >= 4 is 45.6 Å². The molecule has 9 aromatic carbocycles. The molecule has 3 aliphatic heterocycles. The molecule has 9 aromatic rings. The first-order chi connectivity index (χ1) is 41.7. The molecule has 13 rings (SSSR count). The number of benzene rings is 9. The number of hydrogen-bond acceptors (Lipinski definition) is 9. The molecule has 0 aromatic heterocycles. The number of fused-ring (bicyclic) bond motifs is 8. The molecule has 0 N–H and O–H groups in total. The number of nitrogens with zero attached hydrogens (tertiary/aromatic N) is 4. The van der Waals surface area contributed by atoms with Crippen LogP contribution in [0.3, 0.4) is 0 Å². The predicted molar refractivity (Wildman–Crippen MR) is 349 cm³/mol. The normalized spacial score (nSPS) is 16.8. The average Bonchev–Trinajstić information content (AvgIpc) is 1.86. The molecule has 2 saturated heterocycles. The summed E-state index contributed by atoms with van der Waals surface area (Å²) in [6.45, 7) is 14.7. The number of esters is 1. The monoisotopic (exact) mass is 1120 g/mol. The Morgan fingerprint density at radius 3 is 1.73 bits per heavy atom. The van der Waals surface area contributed by atoms with Crippen LogP contribution in [0.4, 0.5) is 22.7 Å². The molecular weight excluding hydrogens is 1050 g/mol. The number of para-hydroxylation sites is 1. The van der Waals surface area contributed by atoms with E-state index in [0.717, 1.165) is 133 Å². The molecule has 430 valence electrons. The first-order valence-corrected chi connectivity index (χ1v) is 30.8. The van der Waals surface area contributed by atoms with Gasteiger partial charge in [0.15, 0.2) is 5.60 Å². The second kappa shape index (κ2) is 24.0. The zero-order valence-corrected chi connectivity index (χ0v) is 49.6. The van der Waals surface area contributed by atoms with Gasteiger partial charge in [-0.15, -0.1) is 0 Å². The van der Waals surface area contributed by atoms with Crippen molar-refractivity contribution in [3.63, 3.8) is 0 Å². The summed E-state index contributed by atoms with van der Waals surface area (Å²) >= 11 is 0. The van der Waals surface area contributed by atoms with Crippen molar-refractivity contribution in [2.45, 2.75) is 70.3 Å². The number of unbranched alkanes of at least 4 members (excludes halogenated alkanes) is 5. The summed E-state index contributed by atoms with van der Waals surface area (Å²) in [5.74, 6) is 2.68. The lowest BCUT2D eigenvalue weighted by molar-refractivity contribution is 0.0734. The van der Waals surface area contributed by atoms with Crippen LogP contribution in [0, 0.1) is 0 Å². The van der Waals surface area contributed by atoms with E-state index in [4.69, 9.17) is 18.9 Å². The van der Waals surface area contributed by atoms with Crippen molar-refractivity contribution in [1.29, 1.82) is 0 Å². The van der Waals surface area contributed by atoms with Crippen LogP contribution in [0.5, 0.6) is 23.0 Å². The zero-order valence-electron chi connectivity index (χ0n) is 49.6. The van der Waals surface area contributed by atoms with Crippen LogP contribution >= 0.6 is 0 Å². The summed E-state index contributed by atoms with van der Waals surface area (Å²) in [7, 11) is 1.79. The van der Waals surface area contributed by atoms with Crippen LogP contribution in [-0.4, -0.2) is 72.0 Å². The number of ether oxygens (including phenoxy) is 4. The maximum absolute atomic E-state index is 13.4. The third-order valence-corrected chi connectivity index (χ3v) is 18.2. The molecule has 3 heterocycles. The topological polar surface area (TPSA) is 67.0 Å². The van der Waals surface area contributed by atoms with Gasteiger partial charge in [-0.1, -0.05) is 168 Å². The fourth-order valence-corrected chi connectivity index (χ4v) is 13.5. The van der Waals surface area contributed by atoms with E-state index in [1.54, 1.807) is 7.11 Å². The van der Waals surface area contributed by atoms with Crippen LogP contribution in [0.25, 0.3) is 39.1 Å². The lowest BCUT2D eigenvalue weighted by atomic mass is 9.76. The number of anilines is 4. The summed E-state index contributed by atoms with van der Waals surface area (Å²) in [4.78, 5) is 23.2. The van der Waals surface area contributed by atoms with Gasteiger partial charge >= 0.3 is 5.97 Å². The third kappa shape index (κ3) is 10.9. The van der Waals surface area contributed by atoms with Gasteiger partial charge in [0.1, 0.15) is 23.0 Å². The number of methoxy groups -OCH3 is 1. The number of hydrogen-bond donors (Lipinski definition) is 0. The largest absolute Gasteiger partial charge is 0.495 e. The van der Waals surface area contributed by atoms with Crippen LogP contribution in [0.1, 0.15) is 97.5 Å². The van der Waals surface area contributed by atoms with Gasteiger partial charge in [0.05, 0.1) is 25.0 Å². The fraction of sp³-hybridized carbons (Fsp3) is 0.276. The molecule has 1 aliphatic carbocycles. The van der Waals surface area contributed by atoms with Gasteiger partial charge in [-0.2, -0.15) is 0 Å². The minimum atomic E-state index is -0.901. The molecule has 0 amide bonds. The fourth-order valence-electron chi connectivity index (χ4n) is 13.5. The average molecular weight is 1130 g/mol. The van der Waals surface area contributed by atoms with Crippen LogP contribution < -0.4 is 38.5 Å². The predicted octanol–water partition coefficient (Wildman–Crippen LogP) is 16.8. The lowest BCUT2D eigenvalue weighted by Crippen LogP contribution is -2.46. The van der Waals surface area contributed by atoms with Crippen LogP contribution in [-0.2, 0) is 11.0 Å². The van der Waals surface area contributed by atoms with Crippen molar-refractivity contribution < 1.29 is 23.7 Å². The molecule has 0 radical (unpaired) electrons. The Hall–Kier alpha value is -8.95. The third-order valence-electron chi connectivity index (χ3n) is 18.2. The minimum Gasteiger partial charge on any atom is -0.495 e. The summed E-state index contributed by atoms with van der Waals surface area (Å²) in [5, 5.41) is 2.18. The van der Waals surface area contributed by atoms with E-state index in [9.17, 15) is 4.79 Å². The van der Waals surface area contributed by atoms with Crippen molar-refractivity contribution in [2.24, 2.45) is 0 Å². The summed E-state index contributed by atoms with van der Waals surface area (Å²) in [6, 6.07) is 67.7. The molecule has 9 nitrogen and oxygen atoms in total. The first kappa shape index (κ1) is 55.3. The maximum Gasteiger partial charge on any atom is 0.343 e. The second-order valence-electron chi connectivity index (χ2n) is 23.7. The second-order valence-corrected chi connectivity index (χ2v) is 23.7. The molecule has 9 heteroatoms. The van der Waals surface area contributed by atoms with E-state index < -0.39 is 5.60 Å².